The van der Waals surface area contributed by atoms with Crippen molar-refractivity contribution >= 4 is 16.3 Å². The first kappa shape index (κ1) is 16.0. The summed E-state index contributed by atoms with van der Waals surface area (Å²) in [6.45, 7) is 1.56. The van der Waals surface area contributed by atoms with E-state index in [2.05, 4.69) is 9.97 Å². The number of carbonyl (C=O) groups excluding carboxylic acids is 1. The third-order valence-corrected chi connectivity index (χ3v) is 5.24. The van der Waals surface area contributed by atoms with Crippen LogP contribution in [0.5, 0.6) is 0 Å². The number of hydrogen-bond donors (Lipinski definition) is 0. The number of hydrogen-bond acceptors (Lipinski definition) is 5. The van der Waals surface area contributed by atoms with Gasteiger partial charge in [-0.25, -0.2) is 17.4 Å². The Balaban J connectivity index is 2.34. The van der Waals surface area contributed by atoms with E-state index < -0.39 is 16.0 Å². The number of halogens is 1. The van der Waals surface area contributed by atoms with Crippen LogP contribution in [-0.2, 0) is 10.0 Å². The predicted molar refractivity (Wildman–Crippen MR) is 84.6 cm³/mol. The standard InChI is InChI=1S/C16H12FN3O3S/c1-11-12(10-21)9-20(15(11)14-5-3-7-19-16(14)17)24(22,23)13-4-2-6-18-8-13/h2-10H,1H3. The smallest absolute Gasteiger partial charge is 0.269 e. The molecule has 122 valence electrons. The van der Waals surface area contributed by atoms with E-state index in [9.17, 15) is 17.6 Å². The Morgan fingerprint density at radius 2 is 1.96 bits per heavy atom. The van der Waals surface area contributed by atoms with Crippen LogP contribution in [0.1, 0.15) is 15.9 Å². The lowest BCUT2D eigenvalue weighted by atomic mass is 10.1. The third-order valence-electron chi connectivity index (χ3n) is 3.60. The molecule has 6 nitrogen and oxygen atoms in total. The molecule has 0 N–H and O–H groups in total. The van der Waals surface area contributed by atoms with Gasteiger partial charge in [-0.3, -0.25) is 9.78 Å². The van der Waals surface area contributed by atoms with E-state index in [1.165, 1.54) is 49.1 Å². The fraction of sp³-hybridized carbons (Fsp3) is 0.0625. The lowest BCUT2D eigenvalue weighted by Crippen LogP contribution is -2.14. The fourth-order valence-electron chi connectivity index (χ4n) is 2.39. The Kier molecular flexibility index (Phi) is 3.98. The minimum absolute atomic E-state index is 0.00411. The summed E-state index contributed by atoms with van der Waals surface area (Å²) in [4.78, 5) is 18.5. The molecular weight excluding hydrogens is 333 g/mol. The zero-order valence-electron chi connectivity index (χ0n) is 12.5. The number of aldehydes is 1. The van der Waals surface area contributed by atoms with Crippen molar-refractivity contribution in [3.05, 3.63) is 66.1 Å². The molecule has 0 radical (unpaired) electrons. The number of rotatable bonds is 4. The van der Waals surface area contributed by atoms with Gasteiger partial charge in [0, 0.05) is 30.4 Å². The van der Waals surface area contributed by atoms with Crippen LogP contribution in [0.25, 0.3) is 11.3 Å². The highest BCUT2D eigenvalue weighted by molar-refractivity contribution is 7.90. The molecule has 3 heterocycles. The Hall–Kier alpha value is -2.87. The summed E-state index contributed by atoms with van der Waals surface area (Å²) >= 11 is 0. The van der Waals surface area contributed by atoms with Gasteiger partial charge in [0.15, 0.2) is 6.29 Å². The topological polar surface area (TPSA) is 81.9 Å². The molecular formula is C16H12FN3O3S. The average molecular weight is 345 g/mol. The molecule has 24 heavy (non-hydrogen) atoms. The summed E-state index contributed by atoms with van der Waals surface area (Å²) in [6, 6.07) is 5.76. The molecule has 0 atom stereocenters. The lowest BCUT2D eigenvalue weighted by Gasteiger charge is -2.11. The Morgan fingerprint density at radius 1 is 1.21 bits per heavy atom. The minimum atomic E-state index is -4.05. The highest BCUT2D eigenvalue weighted by atomic mass is 32.2. The zero-order valence-corrected chi connectivity index (χ0v) is 13.4. The molecule has 0 saturated heterocycles. The molecule has 0 aromatic carbocycles. The van der Waals surface area contributed by atoms with Gasteiger partial charge in [0.05, 0.1) is 11.3 Å². The van der Waals surface area contributed by atoms with E-state index in [1.54, 1.807) is 6.92 Å². The van der Waals surface area contributed by atoms with Crippen molar-refractivity contribution in [1.29, 1.82) is 0 Å². The normalized spacial score (nSPS) is 11.4. The summed E-state index contributed by atoms with van der Waals surface area (Å²) in [7, 11) is -4.05. The number of carbonyl (C=O) groups is 1. The molecule has 0 aliphatic heterocycles. The van der Waals surface area contributed by atoms with Crippen LogP contribution in [0, 0.1) is 12.9 Å². The van der Waals surface area contributed by atoms with Gasteiger partial charge < -0.3 is 0 Å². The highest BCUT2D eigenvalue weighted by Crippen LogP contribution is 2.31. The van der Waals surface area contributed by atoms with Gasteiger partial charge in [-0.05, 0) is 36.8 Å². The van der Waals surface area contributed by atoms with Crippen molar-refractivity contribution in [1.82, 2.24) is 13.9 Å². The van der Waals surface area contributed by atoms with Crippen LogP contribution in [0.15, 0.2) is 53.9 Å². The predicted octanol–water partition coefficient (Wildman–Crippen LogP) is 2.44. The molecule has 0 spiro atoms. The monoisotopic (exact) mass is 345 g/mol. The van der Waals surface area contributed by atoms with Crippen molar-refractivity contribution in [2.24, 2.45) is 0 Å². The van der Waals surface area contributed by atoms with Crippen LogP contribution < -0.4 is 0 Å². The minimum Gasteiger partial charge on any atom is -0.298 e. The second-order valence-electron chi connectivity index (χ2n) is 5.01. The Labute approximate surface area is 137 Å². The first-order valence-corrected chi connectivity index (χ1v) is 8.34. The number of pyridine rings is 2. The van der Waals surface area contributed by atoms with E-state index in [0.717, 1.165) is 3.97 Å². The van der Waals surface area contributed by atoms with Crippen LogP contribution >= 0.6 is 0 Å². The van der Waals surface area contributed by atoms with Crippen molar-refractivity contribution in [3.63, 3.8) is 0 Å². The van der Waals surface area contributed by atoms with Gasteiger partial charge in [-0.2, -0.15) is 4.39 Å². The maximum Gasteiger partial charge on any atom is 0.269 e. The van der Waals surface area contributed by atoms with Crippen LogP contribution in [0.4, 0.5) is 4.39 Å². The second-order valence-corrected chi connectivity index (χ2v) is 6.82. The molecule has 0 amide bonds. The molecule has 3 aromatic heterocycles. The van der Waals surface area contributed by atoms with Gasteiger partial charge in [-0.1, -0.05) is 0 Å². The van der Waals surface area contributed by atoms with Gasteiger partial charge in [0.2, 0.25) is 5.95 Å². The van der Waals surface area contributed by atoms with E-state index in [1.807, 2.05) is 0 Å². The summed E-state index contributed by atoms with van der Waals surface area (Å²) in [5, 5.41) is 0. The average Bonchev–Trinajstić information content (AvgIpc) is 2.93. The third kappa shape index (κ3) is 2.50. The SMILES string of the molecule is Cc1c(C=O)cn(S(=O)(=O)c2cccnc2)c1-c1cccnc1F. The van der Waals surface area contributed by atoms with Crippen LogP contribution in [0.3, 0.4) is 0 Å². The van der Waals surface area contributed by atoms with Crippen LogP contribution in [-0.4, -0.2) is 28.6 Å². The van der Waals surface area contributed by atoms with Crippen molar-refractivity contribution < 1.29 is 17.6 Å². The summed E-state index contributed by atoms with van der Waals surface area (Å²) in [5.41, 5.74) is 0.562. The van der Waals surface area contributed by atoms with Gasteiger partial charge in [0.1, 0.15) is 4.90 Å². The van der Waals surface area contributed by atoms with Crippen molar-refractivity contribution in [2.75, 3.05) is 0 Å². The maximum absolute atomic E-state index is 14.1. The molecule has 8 heteroatoms. The fourth-order valence-corrected chi connectivity index (χ4v) is 3.79. The zero-order chi connectivity index (χ0) is 17.3. The van der Waals surface area contributed by atoms with Gasteiger partial charge in [-0.15, -0.1) is 0 Å². The van der Waals surface area contributed by atoms with Crippen molar-refractivity contribution in [3.8, 4) is 11.3 Å². The molecule has 0 fully saturated rings. The first-order valence-electron chi connectivity index (χ1n) is 6.90. The van der Waals surface area contributed by atoms with Crippen molar-refractivity contribution in [2.45, 2.75) is 11.8 Å². The molecule has 0 aliphatic carbocycles. The summed E-state index contributed by atoms with van der Waals surface area (Å²) in [6.07, 6.45) is 5.60. The highest BCUT2D eigenvalue weighted by Gasteiger charge is 2.26. The maximum atomic E-state index is 14.1. The Bertz CT molecular complexity index is 1010. The quantitative estimate of drug-likeness (QED) is 0.536. The first-order chi connectivity index (χ1) is 11.5. The van der Waals surface area contributed by atoms with Gasteiger partial charge in [0.25, 0.3) is 10.0 Å². The second kappa shape index (κ2) is 5.97. The number of nitrogens with zero attached hydrogens (tertiary/aromatic N) is 3. The number of aromatic nitrogens is 3. The summed E-state index contributed by atoms with van der Waals surface area (Å²) < 4.78 is 40.8. The largest absolute Gasteiger partial charge is 0.298 e. The molecule has 0 unspecified atom stereocenters. The Morgan fingerprint density at radius 3 is 2.58 bits per heavy atom. The lowest BCUT2D eigenvalue weighted by molar-refractivity contribution is 0.112. The van der Waals surface area contributed by atoms with E-state index in [0.29, 0.717) is 11.8 Å². The van der Waals surface area contributed by atoms with Crippen LogP contribution in [0.2, 0.25) is 0 Å². The van der Waals surface area contributed by atoms with Gasteiger partial charge >= 0.3 is 0 Å². The molecule has 3 aromatic rings. The van der Waals surface area contributed by atoms with E-state index in [4.69, 9.17) is 0 Å². The molecule has 0 saturated carbocycles. The molecule has 3 rings (SSSR count). The molecule has 0 bridgehead atoms. The van der Waals surface area contributed by atoms with E-state index in [-0.39, 0.29) is 21.7 Å². The van der Waals surface area contributed by atoms with E-state index >= 15 is 0 Å². The molecule has 0 aliphatic rings. The summed E-state index contributed by atoms with van der Waals surface area (Å²) in [5.74, 6) is -0.821.